The maximum absolute atomic E-state index is 5.27. The molecule has 0 aliphatic carbocycles. The lowest BCUT2D eigenvalue weighted by Crippen LogP contribution is -1.96. The summed E-state index contributed by atoms with van der Waals surface area (Å²) in [5.74, 6) is 0.740. The second-order valence-electron chi connectivity index (χ2n) is 14.6. The minimum Gasteiger partial charge on any atom is -0.309 e. The first-order valence-corrected chi connectivity index (χ1v) is 20.1. The zero-order valence-electron chi connectivity index (χ0n) is 30.7. The van der Waals surface area contributed by atoms with Gasteiger partial charge in [0.2, 0.25) is 0 Å². The van der Waals surface area contributed by atoms with E-state index in [1.54, 1.807) is 11.3 Å². The summed E-state index contributed by atoms with van der Waals surface area (Å²) in [4.78, 5) is 11.4. The molecule has 57 heavy (non-hydrogen) atoms. The first-order valence-electron chi connectivity index (χ1n) is 19.3. The Morgan fingerprint density at radius 1 is 0.351 bits per heavy atom. The summed E-state index contributed by atoms with van der Waals surface area (Å²) in [6, 6.07) is 69.6. The molecule has 0 fully saturated rings. The van der Waals surface area contributed by atoms with Crippen molar-refractivity contribution in [3.05, 3.63) is 194 Å². The number of nitrogens with zero attached hydrogens (tertiary/aromatic N) is 4. The average Bonchev–Trinajstić information content (AvgIpc) is 3.94. The number of benzene rings is 8. The van der Waals surface area contributed by atoms with Gasteiger partial charge in [0, 0.05) is 59.5 Å². The molecule has 5 heteroatoms. The summed E-state index contributed by atoms with van der Waals surface area (Å²) in [7, 11) is 0. The van der Waals surface area contributed by atoms with Gasteiger partial charge in [0.25, 0.3) is 0 Å². The fourth-order valence-electron chi connectivity index (χ4n) is 8.81. The van der Waals surface area contributed by atoms with Crippen LogP contribution in [0, 0.1) is 0 Å². The summed E-state index contributed by atoms with van der Waals surface area (Å²) in [5, 5.41) is 7.23. The van der Waals surface area contributed by atoms with Gasteiger partial charge in [-0.1, -0.05) is 146 Å². The first kappa shape index (κ1) is 32.0. The maximum Gasteiger partial charge on any atom is 0.161 e. The van der Waals surface area contributed by atoms with Crippen molar-refractivity contribution in [2.45, 2.75) is 0 Å². The normalized spacial score (nSPS) is 11.9. The number of hydrogen-bond donors (Lipinski definition) is 0. The van der Waals surface area contributed by atoms with Crippen LogP contribution in [-0.4, -0.2) is 19.1 Å². The largest absolute Gasteiger partial charge is 0.309 e. The molecule has 0 saturated carbocycles. The molecule has 0 amide bonds. The van der Waals surface area contributed by atoms with Gasteiger partial charge in [-0.25, -0.2) is 9.97 Å². The third-order valence-corrected chi connectivity index (χ3v) is 12.4. The van der Waals surface area contributed by atoms with Crippen LogP contribution in [0.4, 0.5) is 0 Å². The van der Waals surface area contributed by atoms with Crippen molar-refractivity contribution < 1.29 is 0 Å². The Kier molecular flexibility index (Phi) is 7.06. The van der Waals surface area contributed by atoms with E-state index in [0.29, 0.717) is 0 Å². The van der Waals surface area contributed by atoms with Gasteiger partial charge >= 0.3 is 0 Å². The van der Waals surface area contributed by atoms with E-state index in [0.717, 1.165) is 44.2 Å². The summed E-state index contributed by atoms with van der Waals surface area (Å²) in [5.41, 5.74) is 12.4. The highest BCUT2D eigenvalue weighted by Gasteiger charge is 2.22. The van der Waals surface area contributed by atoms with Gasteiger partial charge in [-0.3, -0.25) is 0 Å². The van der Waals surface area contributed by atoms with Crippen LogP contribution in [0.5, 0.6) is 0 Å². The molecular weight excluding hydrogens is 713 g/mol. The summed E-state index contributed by atoms with van der Waals surface area (Å²) < 4.78 is 6.09. The zero-order valence-corrected chi connectivity index (χ0v) is 31.5. The number of para-hydroxylation sites is 2. The number of rotatable bonds is 5. The number of hydrogen-bond acceptors (Lipinski definition) is 3. The van der Waals surface area contributed by atoms with E-state index < -0.39 is 0 Å². The van der Waals surface area contributed by atoms with Gasteiger partial charge in [-0.15, -0.1) is 11.3 Å². The van der Waals surface area contributed by atoms with Crippen LogP contribution in [0.2, 0.25) is 0 Å². The Labute approximate surface area is 332 Å². The van der Waals surface area contributed by atoms with E-state index >= 15 is 0 Å². The minimum absolute atomic E-state index is 0.740. The number of fused-ring (bicyclic) bond motifs is 10. The molecule has 0 atom stereocenters. The molecule has 266 valence electrons. The van der Waals surface area contributed by atoms with E-state index in [-0.39, 0.29) is 0 Å². The molecule has 0 spiro atoms. The monoisotopic (exact) mass is 744 g/mol. The third-order valence-electron chi connectivity index (χ3n) is 11.4. The maximum atomic E-state index is 5.27. The van der Waals surface area contributed by atoms with Gasteiger partial charge in [0.1, 0.15) is 4.83 Å². The smallest absolute Gasteiger partial charge is 0.161 e. The lowest BCUT2D eigenvalue weighted by molar-refractivity contribution is 1.17. The standard InChI is InChI=1S/C52H32N4S/c1-3-13-33(14-4-1)34-23-27-37(28-24-34)55-44-21-11-8-18-41(44)47-45(55)32-31-40-39-17-7-10-20-43(39)56(50(40)47)38-29-25-35(26-30-38)49-48-42-19-9-12-22-46(42)57-52(48)54-51(53-49)36-15-5-2-6-16-36/h1-32H. The van der Waals surface area contributed by atoms with Crippen LogP contribution in [0.1, 0.15) is 0 Å². The molecule has 0 saturated heterocycles. The topological polar surface area (TPSA) is 35.6 Å². The fourth-order valence-corrected chi connectivity index (χ4v) is 9.88. The zero-order chi connectivity index (χ0) is 37.5. The molecule has 0 radical (unpaired) electrons. The molecule has 8 aromatic carbocycles. The van der Waals surface area contributed by atoms with Gasteiger partial charge in [0.15, 0.2) is 5.82 Å². The molecule has 4 heterocycles. The molecular formula is C52H32N4S. The molecule has 12 rings (SSSR count). The summed E-state index contributed by atoms with van der Waals surface area (Å²) in [6.07, 6.45) is 0. The average molecular weight is 745 g/mol. The van der Waals surface area contributed by atoms with E-state index in [1.165, 1.54) is 64.8 Å². The van der Waals surface area contributed by atoms with Crippen molar-refractivity contribution in [1.82, 2.24) is 19.1 Å². The van der Waals surface area contributed by atoms with Crippen LogP contribution in [0.15, 0.2) is 194 Å². The first-order chi connectivity index (χ1) is 28.3. The Hall–Kier alpha value is -7.34. The molecule has 0 aliphatic heterocycles. The molecule has 4 aromatic heterocycles. The van der Waals surface area contributed by atoms with Crippen LogP contribution in [-0.2, 0) is 0 Å². The van der Waals surface area contributed by atoms with E-state index in [1.807, 2.05) is 18.2 Å². The Balaban J connectivity index is 1.08. The van der Waals surface area contributed by atoms with Crippen molar-refractivity contribution in [2.75, 3.05) is 0 Å². The van der Waals surface area contributed by atoms with Gasteiger partial charge in [0.05, 0.1) is 27.8 Å². The second kappa shape index (κ2) is 12.6. The quantitative estimate of drug-likeness (QED) is 0.176. The predicted molar refractivity (Wildman–Crippen MR) is 240 cm³/mol. The van der Waals surface area contributed by atoms with Crippen molar-refractivity contribution in [3.8, 4) is 45.1 Å². The van der Waals surface area contributed by atoms with Crippen molar-refractivity contribution in [2.24, 2.45) is 0 Å². The molecule has 0 aliphatic rings. The van der Waals surface area contributed by atoms with E-state index in [2.05, 4.69) is 185 Å². The predicted octanol–water partition coefficient (Wildman–Crippen LogP) is 14.0. The summed E-state index contributed by atoms with van der Waals surface area (Å²) >= 11 is 1.73. The highest BCUT2D eigenvalue weighted by molar-refractivity contribution is 7.25. The molecule has 4 nitrogen and oxygen atoms in total. The van der Waals surface area contributed by atoms with Crippen molar-refractivity contribution >= 4 is 75.3 Å². The Morgan fingerprint density at radius 3 is 1.65 bits per heavy atom. The van der Waals surface area contributed by atoms with Gasteiger partial charge in [-0.2, -0.15) is 0 Å². The van der Waals surface area contributed by atoms with Gasteiger partial charge in [-0.05, 0) is 59.7 Å². The third kappa shape index (κ3) is 4.93. The fraction of sp³-hybridized carbons (Fsp3) is 0. The SMILES string of the molecule is c1ccc(-c2ccc(-n3c4ccccc4c4c3ccc3c5ccccc5n(-c5ccc(-c6nc(-c7ccccc7)nc7sc8ccccc8c67)cc5)c34)cc2)cc1. The van der Waals surface area contributed by atoms with E-state index in [4.69, 9.17) is 9.97 Å². The highest BCUT2D eigenvalue weighted by Crippen LogP contribution is 2.43. The van der Waals surface area contributed by atoms with Crippen LogP contribution >= 0.6 is 11.3 Å². The second-order valence-corrected chi connectivity index (χ2v) is 15.6. The Bertz CT molecular complexity index is 3490. The van der Waals surface area contributed by atoms with Crippen molar-refractivity contribution in [1.29, 1.82) is 0 Å². The lowest BCUT2D eigenvalue weighted by Gasteiger charge is -2.12. The lowest BCUT2D eigenvalue weighted by atomic mass is 10.0. The van der Waals surface area contributed by atoms with Crippen molar-refractivity contribution in [3.63, 3.8) is 0 Å². The van der Waals surface area contributed by atoms with Crippen LogP contribution < -0.4 is 0 Å². The molecule has 0 bridgehead atoms. The number of aromatic nitrogens is 4. The molecule has 0 N–H and O–H groups in total. The minimum atomic E-state index is 0.740. The highest BCUT2D eigenvalue weighted by atomic mass is 32.1. The van der Waals surface area contributed by atoms with E-state index in [9.17, 15) is 0 Å². The molecule has 12 aromatic rings. The van der Waals surface area contributed by atoms with Crippen LogP contribution in [0.3, 0.4) is 0 Å². The Morgan fingerprint density at radius 2 is 0.912 bits per heavy atom. The van der Waals surface area contributed by atoms with Crippen LogP contribution in [0.25, 0.3) is 109 Å². The number of thiophene rings is 1. The molecule has 0 unspecified atom stereocenters. The van der Waals surface area contributed by atoms with Gasteiger partial charge < -0.3 is 9.13 Å². The summed E-state index contributed by atoms with van der Waals surface area (Å²) in [6.45, 7) is 0.